The molecule has 2 N–H and O–H groups in total. The fourth-order valence-electron chi connectivity index (χ4n) is 3.26. The molecule has 2 aromatic carbocycles. The van der Waals surface area contributed by atoms with Gasteiger partial charge in [0.1, 0.15) is 23.8 Å². The van der Waals surface area contributed by atoms with E-state index in [1.807, 2.05) is 74.5 Å². The molecular formula is C28H24Cl2N6. The Labute approximate surface area is 221 Å². The molecule has 0 aliphatic carbocycles. The summed E-state index contributed by atoms with van der Waals surface area (Å²) in [7, 11) is 0. The van der Waals surface area contributed by atoms with Crippen LogP contribution in [-0.2, 0) is 13.1 Å². The first-order valence-electron chi connectivity index (χ1n) is 11.1. The number of nitriles is 2. The zero-order chi connectivity index (χ0) is 25.9. The van der Waals surface area contributed by atoms with E-state index in [1.165, 1.54) is 0 Å². The summed E-state index contributed by atoms with van der Waals surface area (Å²) in [6.07, 6.45) is 3.12. The second-order valence-electron chi connectivity index (χ2n) is 7.81. The molecule has 0 aliphatic rings. The van der Waals surface area contributed by atoms with Crippen LogP contribution in [0.5, 0.6) is 0 Å². The number of hydrogen-bond acceptors (Lipinski definition) is 6. The predicted molar refractivity (Wildman–Crippen MR) is 145 cm³/mol. The summed E-state index contributed by atoms with van der Waals surface area (Å²) < 4.78 is 0. The van der Waals surface area contributed by atoms with Crippen LogP contribution in [0.25, 0.3) is 0 Å². The van der Waals surface area contributed by atoms with E-state index < -0.39 is 0 Å². The van der Waals surface area contributed by atoms with E-state index in [0.717, 1.165) is 22.3 Å². The molecule has 0 radical (unpaired) electrons. The summed E-state index contributed by atoms with van der Waals surface area (Å²) in [5.74, 6) is 1.14. The Morgan fingerprint density at radius 2 is 1.03 bits per heavy atom. The standard InChI is InChI=1S/2C14H12ClN3/c2*1-10-12(7-16)14(18-9-13(10)15)17-8-11-5-3-2-4-6-11/h2*2-6,9H,8H2,1H3,(H,17,18). The fraction of sp³-hybridized carbons (Fsp3) is 0.143. The van der Waals surface area contributed by atoms with Gasteiger partial charge in [0.15, 0.2) is 0 Å². The average molecular weight is 515 g/mol. The Morgan fingerprint density at radius 3 is 1.36 bits per heavy atom. The van der Waals surface area contributed by atoms with Crippen LogP contribution in [0.3, 0.4) is 0 Å². The highest BCUT2D eigenvalue weighted by molar-refractivity contribution is 6.31. The second kappa shape index (κ2) is 13.1. The molecule has 0 unspecified atom stereocenters. The lowest BCUT2D eigenvalue weighted by molar-refractivity contribution is 1.10. The maximum Gasteiger partial charge on any atom is 0.144 e. The largest absolute Gasteiger partial charge is 0.365 e. The van der Waals surface area contributed by atoms with Crippen molar-refractivity contribution in [3.8, 4) is 12.1 Å². The van der Waals surface area contributed by atoms with Crippen molar-refractivity contribution in [2.45, 2.75) is 26.9 Å². The van der Waals surface area contributed by atoms with Crippen molar-refractivity contribution in [2.75, 3.05) is 10.6 Å². The highest BCUT2D eigenvalue weighted by Gasteiger charge is 2.10. The van der Waals surface area contributed by atoms with Gasteiger partial charge in [-0.1, -0.05) is 83.9 Å². The molecule has 36 heavy (non-hydrogen) atoms. The molecule has 4 aromatic rings. The van der Waals surface area contributed by atoms with Gasteiger partial charge in [0, 0.05) is 25.5 Å². The number of hydrogen-bond donors (Lipinski definition) is 2. The maximum absolute atomic E-state index is 9.13. The predicted octanol–water partition coefficient (Wildman–Crippen LogP) is 7.05. The van der Waals surface area contributed by atoms with Gasteiger partial charge in [0.05, 0.1) is 21.2 Å². The first kappa shape index (κ1) is 26.5. The van der Waals surface area contributed by atoms with Crippen molar-refractivity contribution < 1.29 is 0 Å². The molecule has 4 rings (SSSR count). The van der Waals surface area contributed by atoms with E-state index in [9.17, 15) is 0 Å². The summed E-state index contributed by atoms with van der Waals surface area (Å²) >= 11 is 11.9. The summed E-state index contributed by atoms with van der Waals surface area (Å²) in [6.45, 7) is 4.89. The van der Waals surface area contributed by atoms with Gasteiger partial charge in [-0.3, -0.25) is 0 Å². The van der Waals surface area contributed by atoms with Gasteiger partial charge < -0.3 is 10.6 Å². The summed E-state index contributed by atoms with van der Waals surface area (Å²) in [6, 6.07) is 24.2. The van der Waals surface area contributed by atoms with Crippen molar-refractivity contribution in [1.29, 1.82) is 10.5 Å². The number of pyridine rings is 2. The Bertz CT molecular complexity index is 1280. The van der Waals surface area contributed by atoms with E-state index in [1.54, 1.807) is 12.4 Å². The van der Waals surface area contributed by atoms with Gasteiger partial charge in [0.2, 0.25) is 0 Å². The molecule has 0 fully saturated rings. The van der Waals surface area contributed by atoms with Crippen LogP contribution in [-0.4, -0.2) is 9.97 Å². The van der Waals surface area contributed by atoms with Crippen molar-refractivity contribution >= 4 is 34.8 Å². The lowest BCUT2D eigenvalue weighted by Crippen LogP contribution is -2.04. The van der Waals surface area contributed by atoms with Crippen LogP contribution >= 0.6 is 23.2 Å². The SMILES string of the molecule is Cc1c(Cl)cnc(NCc2ccccc2)c1C#N.Cc1c(Cl)cnc(NCc2ccccc2)c1C#N. The second-order valence-corrected chi connectivity index (χ2v) is 8.63. The zero-order valence-electron chi connectivity index (χ0n) is 19.9. The minimum atomic E-state index is 0.499. The van der Waals surface area contributed by atoms with Gasteiger partial charge in [-0.2, -0.15) is 10.5 Å². The number of nitrogens with one attached hydrogen (secondary N) is 2. The minimum absolute atomic E-state index is 0.499. The van der Waals surface area contributed by atoms with Crippen LogP contribution in [0, 0.1) is 36.5 Å². The molecular weight excluding hydrogens is 491 g/mol. The maximum atomic E-state index is 9.13. The Balaban J connectivity index is 0.000000201. The highest BCUT2D eigenvalue weighted by atomic mass is 35.5. The quantitative estimate of drug-likeness (QED) is 0.286. The molecule has 6 nitrogen and oxygen atoms in total. The highest BCUT2D eigenvalue weighted by Crippen LogP contribution is 2.24. The molecule has 0 amide bonds. The van der Waals surface area contributed by atoms with Crippen molar-refractivity contribution in [2.24, 2.45) is 0 Å². The number of benzene rings is 2. The van der Waals surface area contributed by atoms with E-state index in [0.29, 0.717) is 45.9 Å². The monoisotopic (exact) mass is 514 g/mol. The third-order valence-electron chi connectivity index (χ3n) is 5.38. The van der Waals surface area contributed by atoms with Crippen LogP contribution in [0.15, 0.2) is 73.1 Å². The topological polar surface area (TPSA) is 97.4 Å². The van der Waals surface area contributed by atoms with Crippen LogP contribution in [0.1, 0.15) is 33.4 Å². The van der Waals surface area contributed by atoms with E-state index in [2.05, 4.69) is 32.7 Å². The molecule has 0 atom stereocenters. The van der Waals surface area contributed by atoms with Crippen molar-refractivity contribution in [3.63, 3.8) is 0 Å². The summed E-state index contributed by atoms with van der Waals surface area (Å²) in [5, 5.41) is 25.6. The Kier molecular flexibility index (Phi) is 9.65. The molecule has 180 valence electrons. The fourth-order valence-corrected chi connectivity index (χ4v) is 3.55. The van der Waals surface area contributed by atoms with Crippen LogP contribution < -0.4 is 10.6 Å². The number of halogens is 2. The number of aromatic nitrogens is 2. The van der Waals surface area contributed by atoms with Gasteiger partial charge in [-0.25, -0.2) is 9.97 Å². The normalized spacial score (nSPS) is 9.83. The smallest absolute Gasteiger partial charge is 0.144 e. The molecule has 0 spiro atoms. The number of rotatable bonds is 6. The van der Waals surface area contributed by atoms with Gasteiger partial charge in [-0.15, -0.1) is 0 Å². The first-order chi connectivity index (χ1) is 17.4. The minimum Gasteiger partial charge on any atom is -0.365 e. The molecule has 2 heterocycles. The van der Waals surface area contributed by atoms with Crippen molar-refractivity contribution in [1.82, 2.24) is 9.97 Å². The molecule has 8 heteroatoms. The third kappa shape index (κ3) is 6.96. The third-order valence-corrected chi connectivity index (χ3v) is 6.15. The van der Waals surface area contributed by atoms with Gasteiger partial charge >= 0.3 is 0 Å². The Morgan fingerprint density at radius 1 is 0.667 bits per heavy atom. The summed E-state index contributed by atoms with van der Waals surface area (Å²) in [5.41, 5.74) is 4.78. The molecule has 2 aromatic heterocycles. The molecule has 0 bridgehead atoms. The van der Waals surface area contributed by atoms with Gasteiger partial charge in [-0.05, 0) is 36.1 Å². The zero-order valence-corrected chi connectivity index (χ0v) is 21.4. The van der Waals surface area contributed by atoms with Gasteiger partial charge in [0.25, 0.3) is 0 Å². The number of nitrogens with zero attached hydrogens (tertiary/aromatic N) is 4. The number of anilines is 2. The molecule has 0 saturated heterocycles. The Hall–Kier alpha value is -4.10. The lowest BCUT2D eigenvalue weighted by atomic mass is 10.1. The van der Waals surface area contributed by atoms with Crippen LogP contribution in [0.4, 0.5) is 11.6 Å². The molecule has 0 aliphatic heterocycles. The van der Waals surface area contributed by atoms with E-state index in [-0.39, 0.29) is 0 Å². The van der Waals surface area contributed by atoms with Crippen LogP contribution in [0.2, 0.25) is 10.0 Å². The lowest BCUT2D eigenvalue weighted by Gasteiger charge is -2.09. The molecule has 0 saturated carbocycles. The van der Waals surface area contributed by atoms with Crippen molar-refractivity contribution in [3.05, 3.63) is 116 Å². The summed E-state index contributed by atoms with van der Waals surface area (Å²) in [4.78, 5) is 8.32. The average Bonchev–Trinajstić information content (AvgIpc) is 2.91. The first-order valence-corrected chi connectivity index (χ1v) is 11.9. The van der Waals surface area contributed by atoms with E-state index >= 15 is 0 Å². The van der Waals surface area contributed by atoms with E-state index in [4.69, 9.17) is 33.7 Å².